The van der Waals surface area contributed by atoms with Gasteiger partial charge in [-0.25, -0.2) is 4.39 Å². The van der Waals surface area contributed by atoms with Crippen molar-refractivity contribution in [3.8, 4) is 17.1 Å². The van der Waals surface area contributed by atoms with E-state index in [0.29, 0.717) is 22.4 Å². The molecule has 2 aromatic carbocycles. The molecule has 0 amide bonds. The van der Waals surface area contributed by atoms with Crippen molar-refractivity contribution in [1.29, 1.82) is 0 Å². The summed E-state index contributed by atoms with van der Waals surface area (Å²) in [6.07, 6.45) is 0.750. The lowest BCUT2D eigenvalue weighted by Crippen LogP contribution is -2.03. The second-order valence-corrected chi connectivity index (χ2v) is 5.44. The maximum atomic E-state index is 13.7. The van der Waals surface area contributed by atoms with Crippen LogP contribution in [-0.2, 0) is 11.3 Å². The SMILES string of the molecule is CC=O.COc1cccc(-c2nc(NCc3c(F)cccc3Cl)n[nH]2)c1. The first kappa shape index (κ1) is 19.4. The van der Waals surface area contributed by atoms with Crippen LogP contribution in [-0.4, -0.2) is 28.6 Å². The molecular weight excluding hydrogens is 359 g/mol. The lowest BCUT2D eigenvalue weighted by atomic mass is 10.2. The summed E-state index contributed by atoms with van der Waals surface area (Å²) in [5, 5.41) is 10.2. The molecule has 2 N–H and O–H groups in total. The molecule has 0 saturated heterocycles. The average Bonchev–Trinajstić information content (AvgIpc) is 3.11. The Labute approximate surface area is 155 Å². The summed E-state index contributed by atoms with van der Waals surface area (Å²) in [7, 11) is 1.60. The molecule has 0 aliphatic carbocycles. The van der Waals surface area contributed by atoms with Gasteiger partial charge in [-0.15, -0.1) is 5.10 Å². The van der Waals surface area contributed by atoms with Crippen molar-refractivity contribution in [2.75, 3.05) is 12.4 Å². The minimum absolute atomic E-state index is 0.195. The van der Waals surface area contributed by atoms with Crippen molar-refractivity contribution >= 4 is 23.8 Å². The number of nitrogens with zero attached hydrogens (tertiary/aromatic N) is 2. The van der Waals surface area contributed by atoms with Gasteiger partial charge in [0.15, 0.2) is 5.82 Å². The number of halogens is 2. The molecule has 0 saturated carbocycles. The van der Waals surface area contributed by atoms with Gasteiger partial charge < -0.3 is 14.8 Å². The molecule has 0 atom stereocenters. The molecule has 0 radical (unpaired) electrons. The van der Waals surface area contributed by atoms with Crippen LogP contribution in [0, 0.1) is 5.82 Å². The molecule has 136 valence electrons. The highest BCUT2D eigenvalue weighted by molar-refractivity contribution is 6.31. The lowest BCUT2D eigenvalue weighted by Gasteiger charge is -2.05. The van der Waals surface area contributed by atoms with Crippen LogP contribution in [0.15, 0.2) is 42.5 Å². The molecular formula is C18H18ClFN4O2. The molecule has 0 unspecified atom stereocenters. The summed E-state index contributed by atoms with van der Waals surface area (Å²) < 4.78 is 18.9. The Balaban J connectivity index is 0.000000758. The molecule has 0 spiro atoms. The molecule has 1 heterocycles. The summed E-state index contributed by atoms with van der Waals surface area (Å²) in [4.78, 5) is 13.1. The zero-order chi connectivity index (χ0) is 18.9. The second kappa shape index (κ2) is 9.53. The third kappa shape index (κ3) is 5.03. The molecule has 3 aromatic rings. The summed E-state index contributed by atoms with van der Waals surface area (Å²) in [5.74, 6) is 1.31. The van der Waals surface area contributed by atoms with E-state index in [4.69, 9.17) is 21.1 Å². The van der Waals surface area contributed by atoms with Crippen LogP contribution in [0.5, 0.6) is 5.75 Å². The molecule has 8 heteroatoms. The minimum atomic E-state index is -0.367. The molecule has 26 heavy (non-hydrogen) atoms. The van der Waals surface area contributed by atoms with Crippen LogP contribution in [0.25, 0.3) is 11.4 Å². The number of aromatic nitrogens is 3. The van der Waals surface area contributed by atoms with Crippen LogP contribution in [0.2, 0.25) is 5.02 Å². The standard InChI is InChI=1S/C16H14ClFN4O.C2H4O/c1-23-11-5-2-4-10(8-11)15-20-16(22-21-15)19-9-12-13(17)6-3-7-14(12)18;1-2-3/h2-8H,9H2,1H3,(H2,19,20,21,22);2H,1H3. The first-order valence-corrected chi connectivity index (χ1v) is 8.10. The van der Waals surface area contributed by atoms with Gasteiger partial charge in [0.1, 0.15) is 17.9 Å². The number of aromatic amines is 1. The Morgan fingerprint density at radius 3 is 2.73 bits per heavy atom. The fourth-order valence-corrected chi connectivity index (χ4v) is 2.34. The quantitative estimate of drug-likeness (QED) is 0.655. The van der Waals surface area contributed by atoms with Gasteiger partial charge in [0.05, 0.1) is 7.11 Å². The van der Waals surface area contributed by atoms with Crippen molar-refractivity contribution < 1.29 is 13.9 Å². The zero-order valence-corrected chi connectivity index (χ0v) is 15.0. The molecule has 1 aromatic heterocycles. The topological polar surface area (TPSA) is 79.9 Å². The number of ether oxygens (including phenoxy) is 1. The van der Waals surface area contributed by atoms with Crippen LogP contribution < -0.4 is 10.1 Å². The van der Waals surface area contributed by atoms with Gasteiger partial charge in [0.25, 0.3) is 0 Å². The lowest BCUT2D eigenvalue weighted by molar-refractivity contribution is -0.106. The van der Waals surface area contributed by atoms with Gasteiger partial charge in [-0.05, 0) is 31.2 Å². The normalized spacial score (nSPS) is 9.85. The number of nitrogens with one attached hydrogen (secondary N) is 2. The second-order valence-electron chi connectivity index (χ2n) is 5.03. The van der Waals surface area contributed by atoms with Gasteiger partial charge in [-0.2, -0.15) is 4.98 Å². The highest BCUT2D eigenvalue weighted by Crippen LogP contribution is 2.22. The number of hydrogen-bond acceptors (Lipinski definition) is 5. The van der Waals surface area contributed by atoms with Crippen LogP contribution in [0.4, 0.5) is 10.3 Å². The maximum absolute atomic E-state index is 13.7. The van der Waals surface area contributed by atoms with Crippen molar-refractivity contribution in [3.05, 3.63) is 58.9 Å². The van der Waals surface area contributed by atoms with Gasteiger partial charge >= 0.3 is 0 Å². The van der Waals surface area contributed by atoms with Crippen molar-refractivity contribution in [2.24, 2.45) is 0 Å². The van der Waals surface area contributed by atoms with Crippen molar-refractivity contribution in [2.45, 2.75) is 13.5 Å². The summed E-state index contributed by atoms with van der Waals surface area (Å²) >= 11 is 5.99. The Bertz CT molecular complexity index is 850. The minimum Gasteiger partial charge on any atom is -0.497 e. The Morgan fingerprint density at radius 1 is 1.31 bits per heavy atom. The van der Waals surface area contributed by atoms with Crippen molar-refractivity contribution in [1.82, 2.24) is 15.2 Å². The first-order valence-electron chi connectivity index (χ1n) is 7.72. The number of anilines is 1. The van der Waals surface area contributed by atoms with E-state index in [2.05, 4.69) is 20.5 Å². The van der Waals surface area contributed by atoms with E-state index in [0.717, 1.165) is 17.6 Å². The van der Waals surface area contributed by atoms with E-state index in [9.17, 15) is 4.39 Å². The van der Waals surface area contributed by atoms with E-state index in [1.165, 1.54) is 13.0 Å². The Hall–Kier alpha value is -2.93. The van der Waals surface area contributed by atoms with Gasteiger partial charge in [-0.3, -0.25) is 5.10 Å². The van der Waals surface area contributed by atoms with E-state index < -0.39 is 0 Å². The van der Waals surface area contributed by atoms with Gasteiger partial charge in [0, 0.05) is 22.7 Å². The maximum Gasteiger partial charge on any atom is 0.242 e. The van der Waals surface area contributed by atoms with Crippen LogP contribution in [0.3, 0.4) is 0 Å². The van der Waals surface area contributed by atoms with Crippen LogP contribution in [0.1, 0.15) is 12.5 Å². The fraction of sp³-hybridized carbons (Fsp3) is 0.167. The average molecular weight is 377 g/mol. The monoisotopic (exact) mass is 376 g/mol. The van der Waals surface area contributed by atoms with E-state index in [1.807, 2.05) is 24.3 Å². The van der Waals surface area contributed by atoms with E-state index >= 15 is 0 Å². The zero-order valence-electron chi connectivity index (χ0n) is 14.3. The van der Waals surface area contributed by atoms with Crippen molar-refractivity contribution in [3.63, 3.8) is 0 Å². The summed E-state index contributed by atoms with van der Waals surface area (Å²) in [6, 6.07) is 12.0. The molecule has 0 aliphatic rings. The van der Waals surface area contributed by atoms with Crippen LogP contribution >= 0.6 is 11.6 Å². The number of rotatable bonds is 5. The highest BCUT2D eigenvalue weighted by Gasteiger charge is 2.10. The smallest absolute Gasteiger partial charge is 0.242 e. The molecule has 6 nitrogen and oxygen atoms in total. The van der Waals surface area contributed by atoms with Gasteiger partial charge in [0.2, 0.25) is 5.95 Å². The molecule has 0 fully saturated rings. The number of hydrogen-bond donors (Lipinski definition) is 2. The number of aldehydes is 1. The third-order valence-electron chi connectivity index (χ3n) is 3.31. The summed E-state index contributed by atoms with van der Waals surface area (Å²) in [5.41, 5.74) is 1.22. The van der Waals surface area contributed by atoms with Gasteiger partial charge in [-0.1, -0.05) is 29.8 Å². The number of methoxy groups -OCH3 is 1. The fourth-order valence-electron chi connectivity index (χ4n) is 2.11. The number of carbonyl (C=O) groups is 1. The number of carbonyl (C=O) groups excluding carboxylic acids is 1. The molecule has 3 rings (SSSR count). The Morgan fingerprint density at radius 2 is 2.04 bits per heavy atom. The van der Waals surface area contributed by atoms with E-state index in [-0.39, 0.29) is 12.4 Å². The highest BCUT2D eigenvalue weighted by atomic mass is 35.5. The third-order valence-corrected chi connectivity index (χ3v) is 3.67. The summed E-state index contributed by atoms with van der Waals surface area (Å²) in [6.45, 7) is 1.64. The predicted molar refractivity (Wildman–Crippen MR) is 98.8 cm³/mol. The number of H-pyrrole nitrogens is 1. The molecule has 0 aliphatic heterocycles. The van der Waals surface area contributed by atoms with E-state index in [1.54, 1.807) is 19.2 Å². The largest absolute Gasteiger partial charge is 0.497 e. The Kier molecular flexibility index (Phi) is 7.11. The molecule has 0 bridgehead atoms. The number of benzene rings is 2. The first-order chi connectivity index (χ1) is 12.6. The predicted octanol–water partition coefficient (Wildman–Crippen LogP) is 4.09.